The number of phenolic OH excluding ortho intramolecular Hbond substituents is 1. The van der Waals surface area contributed by atoms with Gasteiger partial charge in [0.25, 0.3) is 0 Å². The Hall–Kier alpha value is -3.14. The molecule has 2 rings (SSSR count). The Labute approximate surface area is 200 Å². The van der Waals surface area contributed by atoms with Crippen molar-refractivity contribution >= 4 is 17.6 Å². The summed E-state index contributed by atoms with van der Waals surface area (Å²) in [4.78, 5) is 23.3. The van der Waals surface area contributed by atoms with Gasteiger partial charge in [0.15, 0.2) is 0 Å². The minimum absolute atomic E-state index is 0.0822. The van der Waals surface area contributed by atoms with Crippen molar-refractivity contribution in [3.8, 4) is 5.75 Å². The smallest absolute Gasteiger partial charge is 0.316 e. The molecule has 0 aromatic heterocycles. The first-order valence-electron chi connectivity index (χ1n) is 11.3. The van der Waals surface area contributed by atoms with Gasteiger partial charge in [-0.3, -0.25) is 4.79 Å². The van der Waals surface area contributed by atoms with Crippen LogP contribution >= 0.6 is 0 Å². The number of hydrogen-bond donors (Lipinski definition) is 7. The van der Waals surface area contributed by atoms with Gasteiger partial charge in [0, 0.05) is 12.1 Å². The molecule has 8 N–H and O–H groups in total. The van der Waals surface area contributed by atoms with Crippen LogP contribution in [0.2, 0.25) is 0 Å². The third-order valence-corrected chi connectivity index (χ3v) is 5.52. The highest BCUT2D eigenvalue weighted by atomic mass is 16.3. The largest absolute Gasteiger partial charge is 0.506 e. The number of amides is 3. The number of aliphatic hydroxyl groups is 2. The fourth-order valence-electron chi connectivity index (χ4n) is 3.65. The average Bonchev–Trinajstić information content (AvgIpc) is 2.77. The van der Waals surface area contributed by atoms with Crippen molar-refractivity contribution in [2.45, 2.75) is 57.7 Å². The van der Waals surface area contributed by atoms with Gasteiger partial charge < -0.3 is 37.0 Å². The second-order valence-electron chi connectivity index (χ2n) is 9.08. The molecule has 9 nitrogen and oxygen atoms in total. The van der Waals surface area contributed by atoms with Crippen LogP contribution in [-0.4, -0.2) is 52.0 Å². The van der Waals surface area contributed by atoms with E-state index < -0.39 is 12.1 Å². The zero-order chi connectivity index (χ0) is 25.3. The number of aromatic hydroxyl groups is 1. The number of aliphatic hydroxyl groups excluding tert-OH is 2. The van der Waals surface area contributed by atoms with Gasteiger partial charge in [-0.1, -0.05) is 37.3 Å². The molecule has 0 unspecified atom stereocenters. The minimum Gasteiger partial charge on any atom is -0.506 e. The maximum Gasteiger partial charge on any atom is 0.316 e. The zero-order valence-corrected chi connectivity index (χ0v) is 20.0. The van der Waals surface area contributed by atoms with Gasteiger partial charge in [-0.2, -0.15) is 0 Å². The number of β-amino-alcohol motifs (C(OH)–C–C–N with tert-alkyl or cyclic N) is 1. The number of nitrogens with two attached hydrogens (primary N) is 1. The molecule has 3 amide bonds. The van der Waals surface area contributed by atoms with Crippen molar-refractivity contribution in [2.75, 3.05) is 18.5 Å². The lowest BCUT2D eigenvalue weighted by Gasteiger charge is -2.28. The Kier molecular flexibility index (Phi) is 9.85. The van der Waals surface area contributed by atoms with Gasteiger partial charge >= 0.3 is 6.03 Å². The molecule has 0 fully saturated rings. The van der Waals surface area contributed by atoms with E-state index in [2.05, 4.69) is 16.0 Å². The standard InChI is InChI=1S/C25H36N4O5/c1-4-19(15-30)28-23(33)11-16-6-5-7-17(10-16)13-25(2,3)27-14-22(32)18-8-9-21(31)20(12-18)29-24(26)34/h5-10,12,19,22,27,30-32H,4,11,13-15H2,1-3H3,(H,28,33)(H3,26,29,34)/t19-,22-/m1/s1. The first kappa shape index (κ1) is 27.1. The second kappa shape index (κ2) is 12.4. The number of carbonyl (C=O) groups is 2. The number of phenols is 1. The summed E-state index contributed by atoms with van der Waals surface area (Å²) in [5, 5.41) is 38.2. The number of primary amides is 1. The molecule has 0 aliphatic carbocycles. The molecule has 2 aromatic rings. The topological polar surface area (TPSA) is 157 Å². The van der Waals surface area contributed by atoms with Gasteiger partial charge in [-0.25, -0.2) is 4.79 Å². The average molecular weight is 473 g/mol. The van der Waals surface area contributed by atoms with Crippen LogP contribution in [0, 0.1) is 0 Å². The maximum atomic E-state index is 12.2. The van der Waals surface area contributed by atoms with E-state index in [0.29, 0.717) is 18.4 Å². The van der Waals surface area contributed by atoms with Crippen LogP contribution < -0.4 is 21.7 Å². The summed E-state index contributed by atoms with van der Waals surface area (Å²) in [5.74, 6) is -0.268. The van der Waals surface area contributed by atoms with E-state index >= 15 is 0 Å². The summed E-state index contributed by atoms with van der Waals surface area (Å²) < 4.78 is 0. The molecule has 0 radical (unpaired) electrons. The van der Waals surface area contributed by atoms with Gasteiger partial charge in [0.1, 0.15) is 5.75 Å². The lowest BCUT2D eigenvalue weighted by atomic mass is 9.93. The Bertz CT molecular complexity index is 976. The van der Waals surface area contributed by atoms with E-state index in [9.17, 15) is 24.9 Å². The van der Waals surface area contributed by atoms with Crippen LogP contribution in [0.3, 0.4) is 0 Å². The molecule has 9 heteroatoms. The second-order valence-corrected chi connectivity index (χ2v) is 9.08. The molecule has 2 aromatic carbocycles. The summed E-state index contributed by atoms with van der Waals surface area (Å²) in [5.41, 5.74) is 7.33. The lowest BCUT2D eigenvalue weighted by molar-refractivity contribution is -0.121. The molecule has 0 saturated heterocycles. The van der Waals surface area contributed by atoms with Crippen LogP contribution in [-0.2, 0) is 17.6 Å². The number of urea groups is 1. The highest BCUT2D eigenvalue weighted by Crippen LogP contribution is 2.27. The summed E-state index contributed by atoms with van der Waals surface area (Å²) in [6.45, 7) is 6.11. The molecular formula is C25H36N4O5. The van der Waals surface area contributed by atoms with Crippen molar-refractivity contribution < 1.29 is 24.9 Å². The van der Waals surface area contributed by atoms with Crippen LogP contribution in [0.25, 0.3) is 0 Å². The van der Waals surface area contributed by atoms with Crippen molar-refractivity contribution in [1.82, 2.24) is 10.6 Å². The fourth-order valence-corrected chi connectivity index (χ4v) is 3.65. The molecule has 0 heterocycles. The van der Waals surface area contributed by atoms with Crippen molar-refractivity contribution in [2.24, 2.45) is 5.73 Å². The first-order chi connectivity index (χ1) is 16.0. The van der Waals surface area contributed by atoms with Crippen molar-refractivity contribution in [3.05, 3.63) is 59.2 Å². The highest BCUT2D eigenvalue weighted by molar-refractivity contribution is 5.89. The molecule has 2 atom stereocenters. The van der Waals surface area contributed by atoms with Crippen LogP contribution in [0.15, 0.2) is 42.5 Å². The number of carbonyl (C=O) groups excluding carboxylic acids is 2. The third-order valence-electron chi connectivity index (χ3n) is 5.52. The first-order valence-corrected chi connectivity index (χ1v) is 11.3. The number of rotatable bonds is 12. The van der Waals surface area contributed by atoms with Crippen LogP contribution in [0.1, 0.15) is 50.0 Å². The lowest BCUT2D eigenvalue weighted by Crippen LogP contribution is -2.43. The Morgan fingerprint density at radius 2 is 1.82 bits per heavy atom. The van der Waals surface area contributed by atoms with E-state index in [-0.39, 0.29) is 48.5 Å². The molecular weight excluding hydrogens is 436 g/mol. The molecule has 0 saturated carbocycles. The Morgan fingerprint density at radius 3 is 2.47 bits per heavy atom. The fraction of sp³-hybridized carbons (Fsp3) is 0.440. The number of hydrogen-bond acceptors (Lipinski definition) is 6. The SMILES string of the molecule is CC[C@H](CO)NC(=O)Cc1cccc(CC(C)(C)NC[C@@H](O)c2ccc(O)c(NC(N)=O)c2)c1. The van der Waals surface area contributed by atoms with Crippen LogP contribution in [0.4, 0.5) is 10.5 Å². The third kappa shape index (κ3) is 8.66. The van der Waals surface area contributed by atoms with E-state index in [1.165, 1.54) is 12.1 Å². The zero-order valence-electron chi connectivity index (χ0n) is 20.0. The van der Waals surface area contributed by atoms with Crippen LogP contribution in [0.5, 0.6) is 5.75 Å². The predicted molar refractivity (Wildman–Crippen MR) is 132 cm³/mol. The Morgan fingerprint density at radius 1 is 1.12 bits per heavy atom. The quantitative estimate of drug-likeness (QED) is 0.234. The van der Waals surface area contributed by atoms with Gasteiger partial charge in [0.05, 0.1) is 30.9 Å². The summed E-state index contributed by atoms with van der Waals surface area (Å²) in [6, 6.07) is 11.2. The molecule has 0 spiro atoms. The number of benzene rings is 2. The molecule has 34 heavy (non-hydrogen) atoms. The van der Waals surface area contributed by atoms with E-state index in [1.54, 1.807) is 6.07 Å². The maximum absolute atomic E-state index is 12.2. The van der Waals surface area contributed by atoms with Crippen molar-refractivity contribution in [3.63, 3.8) is 0 Å². The van der Waals surface area contributed by atoms with Crippen molar-refractivity contribution in [1.29, 1.82) is 0 Å². The summed E-state index contributed by atoms with van der Waals surface area (Å²) >= 11 is 0. The van der Waals surface area contributed by atoms with Gasteiger partial charge in [0.2, 0.25) is 5.91 Å². The van der Waals surface area contributed by atoms with Gasteiger partial charge in [-0.05, 0) is 55.5 Å². The van der Waals surface area contributed by atoms with Gasteiger partial charge in [-0.15, -0.1) is 0 Å². The molecule has 0 bridgehead atoms. The minimum atomic E-state index is -0.874. The highest BCUT2D eigenvalue weighted by Gasteiger charge is 2.21. The van der Waals surface area contributed by atoms with E-state index in [0.717, 1.165) is 11.1 Å². The normalized spacial score (nSPS) is 13.2. The van der Waals surface area contributed by atoms with E-state index in [4.69, 9.17) is 5.73 Å². The number of anilines is 1. The predicted octanol–water partition coefficient (Wildman–Crippen LogP) is 1.96. The molecule has 186 valence electrons. The summed E-state index contributed by atoms with van der Waals surface area (Å²) in [6.07, 6.45) is 0.690. The summed E-state index contributed by atoms with van der Waals surface area (Å²) in [7, 11) is 0. The number of nitrogens with one attached hydrogen (secondary N) is 3. The molecule has 0 aliphatic rings. The molecule has 0 aliphatic heterocycles. The van der Waals surface area contributed by atoms with E-state index in [1.807, 2.05) is 45.0 Å². The monoisotopic (exact) mass is 472 g/mol. The Balaban J connectivity index is 1.97.